The van der Waals surface area contributed by atoms with E-state index in [9.17, 15) is 9.18 Å². The van der Waals surface area contributed by atoms with Gasteiger partial charge in [0.25, 0.3) is 5.91 Å². The zero-order chi connectivity index (χ0) is 20.1. The average molecular weight is 419 g/mol. The number of rotatable bonds is 3. The molecule has 0 unspecified atom stereocenters. The van der Waals surface area contributed by atoms with Crippen LogP contribution in [0, 0.1) is 5.82 Å². The Labute approximate surface area is 171 Å². The Balaban J connectivity index is 1.76. The molecule has 3 aromatic rings. The first-order valence-electron chi connectivity index (χ1n) is 8.71. The Morgan fingerprint density at radius 3 is 2.71 bits per heavy atom. The van der Waals surface area contributed by atoms with Gasteiger partial charge in [0.1, 0.15) is 11.0 Å². The molecule has 0 atom stereocenters. The van der Waals surface area contributed by atoms with Gasteiger partial charge < -0.3 is 4.90 Å². The summed E-state index contributed by atoms with van der Waals surface area (Å²) in [5, 5.41) is 4.94. The number of hydrogen-bond donors (Lipinski definition) is 0. The van der Waals surface area contributed by atoms with Crippen LogP contribution in [0.15, 0.2) is 42.7 Å². The van der Waals surface area contributed by atoms with Crippen molar-refractivity contribution in [3.63, 3.8) is 0 Å². The lowest BCUT2D eigenvalue weighted by atomic mass is 9.88. The fraction of sp³-hybridized carbons (Fsp3) is 0.250. The highest BCUT2D eigenvalue weighted by Gasteiger charge is 2.42. The summed E-state index contributed by atoms with van der Waals surface area (Å²) in [5.74, 6) is -0.525. The van der Waals surface area contributed by atoms with Crippen molar-refractivity contribution in [2.75, 3.05) is 4.90 Å². The Morgan fingerprint density at radius 2 is 1.96 bits per heavy atom. The predicted molar refractivity (Wildman–Crippen MR) is 107 cm³/mol. The Hall–Kier alpha value is -2.44. The number of aromatic nitrogens is 3. The van der Waals surface area contributed by atoms with Crippen molar-refractivity contribution >= 4 is 34.8 Å². The van der Waals surface area contributed by atoms with Gasteiger partial charge in [-0.25, -0.2) is 9.37 Å². The number of amides is 1. The Bertz CT molecular complexity index is 1080. The molecule has 1 aliphatic heterocycles. The number of halogens is 3. The molecule has 0 saturated heterocycles. The van der Waals surface area contributed by atoms with Gasteiger partial charge in [0.15, 0.2) is 0 Å². The van der Waals surface area contributed by atoms with Crippen LogP contribution in [0.25, 0.3) is 0 Å². The number of anilines is 1. The third-order valence-electron chi connectivity index (χ3n) is 4.91. The lowest BCUT2D eigenvalue weighted by Crippen LogP contribution is -2.53. The molecule has 0 N–H and O–H groups in total. The van der Waals surface area contributed by atoms with Crippen molar-refractivity contribution in [1.82, 2.24) is 14.8 Å². The fourth-order valence-electron chi connectivity index (χ4n) is 3.59. The fourth-order valence-corrected chi connectivity index (χ4v) is 3.93. The topological polar surface area (TPSA) is 51.0 Å². The van der Waals surface area contributed by atoms with E-state index in [1.54, 1.807) is 33.8 Å². The normalized spacial score (nSPS) is 15.6. The number of carbonyl (C=O) groups excluding carboxylic acids is 1. The van der Waals surface area contributed by atoms with Crippen LogP contribution >= 0.6 is 23.2 Å². The van der Waals surface area contributed by atoms with E-state index in [0.29, 0.717) is 28.3 Å². The minimum atomic E-state index is -0.592. The quantitative estimate of drug-likeness (QED) is 0.576. The van der Waals surface area contributed by atoms with E-state index in [1.807, 2.05) is 13.8 Å². The predicted octanol–water partition coefficient (Wildman–Crippen LogP) is 4.75. The molecule has 1 aliphatic rings. The van der Waals surface area contributed by atoms with Gasteiger partial charge in [0.2, 0.25) is 0 Å². The van der Waals surface area contributed by atoms with Gasteiger partial charge in [-0.2, -0.15) is 5.10 Å². The van der Waals surface area contributed by atoms with E-state index in [0.717, 1.165) is 5.69 Å². The summed E-state index contributed by atoms with van der Waals surface area (Å²) in [4.78, 5) is 18.9. The Kier molecular flexibility index (Phi) is 4.63. The third-order valence-corrected chi connectivity index (χ3v) is 5.41. The lowest BCUT2D eigenvalue weighted by Gasteiger charge is -2.42. The molecule has 2 aromatic heterocycles. The molecule has 4 rings (SSSR count). The van der Waals surface area contributed by atoms with Gasteiger partial charge in [-0.1, -0.05) is 41.4 Å². The molecule has 8 heteroatoms. The summed E-state index contributed by atoms with van der Waals surface area (Å²) in [6.45, 7) is 4.14. The highest BCUT2D eigenvalue weighted by atomic mass is 35.5. The number of hydrogen-bond acceptors (Lipinski definition) is 3. The molecule has 0 saturated carbocycles. The van der Waals surface area contributed by atoms with E-state index < -0.39 is 5.54 Å². The first kappa shape index (κ1) is 18.9. The molecular weight excluding hydrogens is 402 g/mol. The summed E-state index contributed by atoms with van der Waals surface area (Å²) in [7, 11) is 0. The van der Waals surface area contributed by atoms with E-state index >= 15 is 0 Å². The van der Waals surface area contributed by atoms with E-state index in [-0.39, 0.29) is 23.4 Å². The second-order valence-electron chi connectivity index (χ2n) is 7.34. The van der Waals surface area contributed by atoms with Gasteiger partial charge >= 0.3 is 0 Å². The molecule has 3 heterocycles. The molecule has 0 bridgehead atoms. The molecule has 28 heavy (non-hydrogen) atoms. The number of nitrogens with zero attached hydrogens (tertiary/aromatic N) is 4. The van der Waals surface area contributed by atoms with Crippen LogP contribution in [0.1, 0.15) is 35.5 Å². The van der Waals surface area contributed by atoms with Gasteiger partial charge in [0, 0.05) is 29.8 Å². The zero-order valence-corrected chi connectivity index (χ0v) is 16.8. The molecule has 0 aliphatic carbocycles. The molecule has 1 aromatic carbocycles. The van der Waals surface area contributed by atoms with Crippen molar-refractivity contribution < 1.29 is 9.18 Å². The van der Waals surface area contributed by atoms with Crippen LogP contribution < -0.4 is 4.90 Å². The van der Waals surface area contributed by atoms with E-state index in [2.05, 4.69) is 10.1 Å². The molecule has 1 amide bonds. The SMILES string of the molecule is CC1(C)Cc2c(cnn2Cc2ccccc2F)C(=O)N1c1cc(Cl)ncc1Cl. The maximum atomic E-state index is 14.1. The van der Waals surface area contributed by atoms with E-state index in [1.165, 1.54) is 18.5 Å². The number of fused-ring (bicyclic) bond motifs is 1. The summed E-state index contributed by atoms with van der Waals surface area (Å²) >= 11 is 12.3. The molecule has 0 spiro atoms. The summed E-state index contributed by atoms with van der Waals surface area (Å²) in [6, 6.07) is 8.13. The van der Waals surface area contributed by atoms with Gasteiger partial charge in [0.05, 0.1) is 34.7 Å². The van der Waals surface area contributed by atoms with Gasteiger partial charge in [-0.15, -0.1) is 0 Å². The lowest BCUT2D eigenvalue weighted by molar-refractivity contribution is 0.0948. The Morgan fingerprint density at radius 1 is 1.21 bits per heavy atom. The monoisotopic (exact) mass is 418 g/mol. The molecule has 0 fully saturated rings. The highest BCUT2D eigenvalue weighted by molar-refractivity contribution is 6.35. The van der Waals surface area contributed by atoms with Crippen LogP contribution in [0.2, 0.25) is 10.2 Å². The maximum Gasteiger partial charge on any atom is 0.262 e. The van der Waals surface area contributed by atoms with Gasteiger partial charge in [-0.3, -0.25) is 9.48 Å². The molecular formula is C20H17Cl2FN4O. The van der Waals surface area contributed by atoms with Crippen molar-refractivity contribution in [3.8, 4) is 0 Å². The van der Waals surface area contributed by atoms with Crippen molar-refractivity contribution in [1.29, 1.82) is 0 Å². The second-order valence-corrected chi connectivity index (χ2v) is 8.14. The number of carbonyl (C=O) groups is 1. The highest BCUT2D eigenvalue weighted by Crippen LogP contribution is 2.39. The standard InChI is InChI=1S/C20H17Cl2FN4O/c1-20(2)8-17-13(9-25-26(17)11-12-5-3-4-6-15(12)23)19(28)27(20)16-7-18(22)24-10-14(16)21/h3-7,9-10H,8,11H2,1-2H3. The van der Waals surface area contributed by atoms with Crippen molar-refractivity contribution in [2.24, 2.45) is 0 Å². The van der Waals surface area contributed by atoms with Crippen LogP contribution in [-0.4, -0.2) is 26.2 Å². The largest absolute Gasteiger partial charge is 0.301 e. The molecule has 144 valence electrons. The average Bonchev–Trinajstić information content (AvgIpc) is 3.01. The van der Waals surface area contributed by atoms with Gasteiger partial charge in [-0.05, 0) is 19.9 Å². The number of benzene rings is 1. The van der Waals surface area contributed by atoms with Crippen molar-refractivity contribution in [2.45, 2.75) is 32.4 Å². The van der Waals surface area contributed by atoms with Crippen LogP contribution in [-0.2, 0) is 13.0 Å². The number of pyridine rings is 1. The van der Waals surface area contributed by atoms with E-state index in [4.69, 9.17) is 23.2 Å². The minimum Gasteiger partial charge on any atom is -0.301 e. The van der Waals surface area contributed by atoms with Crippen molar-refractivity contribution in [3.05, 3.63) is 75.5 Å². The first-order valence-corrected chi connectivity index (χ1v) is 9.47. The third kappa shape index (κ3) is 3.16. The maximum absolute atomic E-state index is 14.1. The molecule has 0 radical (unpaired) electrons. The van der Waals surface area contributed by atoms with Crippen LogP contribution in [0.3, 0.4) is 0 Å². The minimum absolute atomic E-state index is 0.227. The second kappa shape index (κ2) is 6.87. The summed E-state index contributed by atoms with van der Waals surface area (Å²) in [5.41, 5.74) is 1.67. The summed E-state index contributed by atoms with van der Waals surface area (Å²) in [6.07, 6.45) is 3.48. The van der Waals surface area contributed by atoms with Crippen LogP contribution in [0.5, 0.6) is 0 Å². The zero-order valence-electron chi connectivity index (χ0n) is 15.3. The van der Waals surface area contributed by atoms with Crippen LogP contribution in [0.4, 0.5) is 10.1 Å². The first-order chi connectivity index (χ1) is 13.3. The smallest absolute Gasteiger partial charge is 0.262 e. The molecule has 5 nitrogen and oxygen atoms in total. The summed E-state index contributed by atoms with van der Waals surface area (Å²) < 4.78 is 15.7.